The summed E-state index contributed by atoms with van der Waals surface area (Å²) in [4.78, 5) is 16.8. The van der Waals surface area contributed by atoms with Crippen molar-refractivity contribution in [2.75, 3.05) is 5.32 Å². The molecule has 1 fully saturated rings. The molecule has 9 heteroatoms. The Morgan fingerprint density at radius 2 is 2.10 bits per heavy atom. The fraction of sp³-hybridized carbons (Fsp3) is 0.350. The highest BCUT2D eigenvalue weighted by molar-refractivity contribution is 5.94. The van der Waals surface area contributed by atoms with Crippen molar-refractivity contribution in [2.45, 2.75) is 44.6 Å². The van der Waals surface area contributed by atoms with Gasteiger partial charge in [-0.3, -0.25) is 4.79 Å². The molecule has 3 aromatic rings. The van der Waals surface area contributed by atoms with E-state index < -0.39 is 24.3 Å². The van der Waals surface area contributed by atoms with E-state index >= 15 is 0 Å². The lowest BCUT2D eigenvalue weighted by atomic mass is 10.0. The highest BCUT2D eigenvalue weighted by atomic mass is 19.4. The Balaban J connectivity index is 1.53. The van der Waals surface area contributed by atoms with Crippen LogP contribution in [-0.4, -0.2) is 38.9 Å². The Bertz CT molecular complexity index is 1050. The van der Waals surface area contributed by atoms with Crippen LogP contribution >= 0.6 is 0 Å². The number of hydrogen-bond donors (Lipinski definition) is 1. The molecule has 1 aliphatic rings. The molecule has 1 saturated heterocycles. The highest BCUT2D eigenvalue weighted by Crippen LogP contribution is 2.32. The van der Waals surface area contributed by atoms with Crippen molar-refractivity contribution in [2.24, 2.45) is 0 Å². The molecule has 1 N–H and O–H groups in total. The Morgan fingerprint density at radius 3 is 2.90 bits per heavy atom. The minimum Gasteiger partial charge on any atom is -0.356 e. The predicted octanol–water partition coefficient (Wildman–Crippen LogP) is 4.14. The number of ether oxygens (including phenoxy) is 1. The molecule has 1 aliphatic heterocycles. The zero-order valence-corrected chi connectivity index (χ0v) is 15.6. The van der Waals surface area contributed by atoms with Gasteiger partial charge in [-0.25, -0.2) is 9.50 Å². The summed E-state index contributed by atoms with van der Waals surface area (Å²) in [5.74, 6) is -0.108. The zero-order valence-electron chi connectivity index (χ0n) is 15.6. The summed E-state index contributed by atoms with van der Waals surface area (Å²) in [7, 11) is 0. The van der Waals surface area contributed by atoms with Crippen molar-refractivity contribution in [3.63, 3.8) is 0 Å². The maximum atomic E-state index is 12.9. The number of amides is 1. The normalized spacial score (nSPS) is 20.0. The van der Waals surface area contributed by atoms with E-state index in [-0.39, 0.29) is 19.3 Å². The van der Waals surface area contributed by atoms with E-state index in [1.165, 1.54) is 0 Å². The maximum absolute atomic E-state index is 12.9. The second-order valence-corrected chi connectivity index (χ2v) is 7.06. The van der Waals surface area contributed by atoms with Gasteiger partial charge in [0.15, 0.2) is 11.9 Å². The minimum atomic E-state index is -4.47. The van der Waals surface area contributed by atoms with Crippen LogP contribution in [0.1, 0.15) is 24.8 Å². The average molecular weight is 404 g/mol. The molecule has 152 valence electrons. The van der Waals surface area contributed by atoms with E-state index in [9.17, 15) is 18.0 Å². The summed E-state index contributed by atoms with van der Waals surface area (Å²) in [6.07, 6.45) is -3.59. The van der Waals surface area contributed by atoms with Crippen molar-refractivity contribution in [3.05, 3.63) is 48.3 Å². The Labute approximate surface area is 164 Å². The molecule has 0 radical (unpaired) electrons. The van der Waals surface area contributed by atoms with Gasteiger partial charge in [0.25, 0.3) is 5.91 Å². The van der Waals surface area contributed by atoms with Crippen LogP contribution in [0.15, 0.2) is 42.7 Å². The summed E-state index contributed by atoms with van der Waals surface area (Å²) in [6, 6.07) is 8.94. The van der Waals surface area contributed by atoms with E-state index in [0.29, 0.717) is 11.5 Å². The Kier molecular flexibility index (Phi) is 4.99. The molecule has 2 atom stereocenters. The summed E-state index contributed by atoms with van der Waals surface area (Å²) in [6.45, 7) is 1.89. The average Bonchev–Trinajstić information content (AvgIpc) is 3.16. The number of halogens is 3. The van der Waals surface area contributed by atoms with Crippen molar-refractivity contribution in [1.29, 1.82) is 0 Å². The second kappa shape index (κ2) is 7.47. The first-order valence-corrected chi connectivity index (χ1v) is 9.26. The summed E-state index contributed by atoms with van der Waals surface area (Å²) in [5, 5.41) is 7.12. The smallest absolute Gasteiger partial charge is 0.356 e. The SMILES string of the molecule is Cc1ccc(NC(=O)[C@H]2CCC[C@H](C(F)(F)F)O2)cc1-c1ncc2cccn2n1. The van der Waals surface area contributed by atoms with Gasteiger partial charge in [0.05, 0.1) is 11.7 Å². The molecule has 4 rings (SSSR count). The molecule has 2 aromatic heterocycles. The molecule has 1 amide bonds. The molecule has 1 aromatic carbocycles. The summed E-state index contributed by atoms with van der Waals surface area (Å²) in [5.41, 5.74) is 2.92. The van der Waals surface area contributed by atoms with E-state index in [0.717, 1.165) is 16.6 Å². The quantitative estimate of drug-likeness (QED) is 0.712. The first-order valence-electron chi connectivity index (χ1n) is 9.26. The highest BCUT2D eigenvalue weighted by Gasteiger charge is 2.44. The molecule has 0 aliphatic carbocycles. The van der Waals surface area contributed by atoms with Crippen molar-refractivity contribution in [1.82, 2.24) is 14.6 Å². The third kappa shape index (κ3) is 4.09. The Morgan fingerprint density at radius 1 is 1.28 bits per heavy atom. The van der Waals surface area contributed by atoms with Gasteiger partial charge in [-0.15, -0.1) is 5.10 Å². The van der Waals surface area contributed by atoms with Crippen LogP contribution in [0.5, 0.6) is 0 Å². The van der Waals surface area contributed by atoms with E-state index in [2.05, 4.69) is 15.4 Å². The lowest BCUT2D eigenvalue weighted by molar-refractivity contribution is -0.242. The molecule has 0 saturated carbocycles. The molecule has 0 spiro atoms. The third-order valence-electron chi connectivity index (χ3n) is 4.95. The second-order valence-electron chi connectivity index (χ2n) is 7.06. The lowest BCUT2D eigenvalue weighted by Gasteiger charge is -2.30. The van der Waals surface area contributed by atoms with Crippen LogP contribution < -0.4 is 5.32 Å². The van der Waals surface area contributed by atoms with E-state index in [1.807, 2.05) is 19.1 Å². The topological polar surface area (TPSA) is 68.5 Å². The minimum absolute atomic E-state index is 0.124. The number of fused-ring (bicyclic) bond motifs is 1. The molecular weight excluding hydrogens is 385 g/mol. The number of anilines is 1. The van der Waals surface area contributed by atoms with Crippen LogP contribution in [0.3, 0.4) is 0 Å². The molecule has 0 unspecified atom stereocenters. The molecule has 6 nitrogen and oxygen atoms in total. The van der Waals surface area contributed by atoms with E-state index in [4.69, 9.17) is 4.74 Å². The maximum Gasteiger partial charge on any atom is 0.414 e. The van der Waals surface area contributed by atoms with Gasteiger partial charge < -0.3 is 10.1 Å². The van der Waals surface area contributed by atoms with Gasteiger partial charge in [-0.05, 0) is 56.0 Å². The lowest BCUT2D eigenvalue weighted by Crippen LogP contribution is -2.43. The molecule has 29 heavy (non-hydrogen) atoms. The zero-order chi connectivity index (χ0) is 20.6. The van der Waals surface area contributed by atoms with Crippen LogP contribution in [0.4, 0.5) is 18.9 Å². The van der Waals surface area contributed by atoms with Gasteiger partial charge in [0.2, 0.25) is 0 Å². The van der Waals surface area contributed by atoms with Gasteiger partial charge >= 0.3 is 6.18 Å². The fourth-order valence-corrected chi connectivity index (χ4v) is 3.38. The number of nitrogens with zero attached hydrogens (tertiary/aromatic N) is 3. The third-order valence-corrected chi connectivity index (χ3v) is 4.95. The predicted molar refractivity (Wildman–Crippen MR) is 100 cm³/mol. The van der Waals surface area contributed by atoms with Gasteiger partial charge in [0.1, 0.15) is 6.10 Å². The molecule has 3 heterocycles. The van der Waals surface area contributed by atoms with Crippen LogP contribution in [-0.2, 0) is 9.53 Å². The van der Waals surface area contributed by atoms with Crippen LogP contribution in [0.2, 0.25) is 0 Å². The Hall–Kier alpha value is -2.94. The number of nitrogens with one attached hydrogen (secondary N) is 1. The van der Waals surface area contributed by atoms with Crippen LogP contribution in [0.25, 0.3) is 16.9 Å². The van der Waals surface area contributed by atoms with Crippen molar-refractivity contribution >= 4 is 17.1 Å². The largest absolute Gasteiger partial charge is 0.414 e. The number of carbonyl (C=O) groups is 1. The number of aromatic nitrogens is 3. The van der Waals surface area contributed by atoms with Crippen molar-refractivity contribution < 1.29 is 22.7 Å². The number of benzene rings is 1. The molecular formula is C20H19F3N4O2. The first-order chi connectivity index (χ1) is 13.8. The summed E-state index contributed by atoms with van der Waals surface area (Å²) >= 11 is 0. The fourth-order valence-electron chi connectivity index (χ4n) is 3.38. The standard InChI is InChI=1S/C20H19F3N4O2/c1-12-7-8-13(10-15(12)18-24-11-14-4-3-9-27(14)26-18)25-19(28)16-5-2-6-17(29-16)20(21,22)23/h3-4,7-11,16-17H,2,5-6H2,1H3,(H,25,28)/t16-,17-/m1/s1. The van der Waals surface area contributed by atoms with Crippen molar-refractivity contribution in [3.8, 4) is 11.4 Å². The first kappa shape index (κ1) is 19.4. The number of alkyl halides is 3. The number of aryl methyl sites for hydroxylation is 1. The number of rotatable bonds is 3. The van der Waals surface area contributed by atoms with E-state index in [1.54, 1.807) is 35.1 Å². The van der Waals surface area contributed by atoms with Gasteiger partial charge in [-0.1, -0.05) is 6.07 Å². The number of hydrogen-bond acceptors (Lipinski definition) is 4. The van der Waals surface area contributed by atoms with Gasteiger partial charge in [-0.2, -0.15) is 13.2 Å². The van der Waals surface area contributed by atoms with Gasteiger partial charge in [0, 0.05) is 17.4 Å². The van der Waals surface area contributed by atoms with Crippen LogP contribution in [0, 0.1) is 6.92 Å². The molecule has 0 bridgehead atoms. The number of carbonyl (C=O) groups excluding carboxylic acids is 1. The summed E-state index contributed by atoms with van der Waals surface area (Å²) < 4.78 is 45.4. The monoisotopic (exact) mass is 404 g/mol.